The van der Waals surface area contributed by atoms with Crippen molar-refractivity contribution >= 4 is 40.1 Å². The van der Waals surface area contributed by atoms with Crippen LogP contribution in [0.25, 0.3) is 0 Å². The van der Waals surface area contributed by atoms with Gasteiger partial charge in [0, 0.05) is 18.9 Å². The summed E-state index contributed by atoms with van der Waals surface area (Å²) < 4.78 is 11.5. The number of piperidine rings is 1. The van der Waals surface area contributed by atoms with Gasteiger partial charge in [0.05, 0.1) is 19.4 Å². The first-order valence-corrected chi connectivity index (χ1v) is 9.24. The van der Waals surface area contributed by atoms with Gasteiger partial charge in [0.1, 0.15) is 17.0 Å². The lowest BCUT2D eigenvalue weighted by molar-refractivity contribution is -0.137. The molecule has 1 aromatic heterocycles. The van der Waals surface area contributed by atoms with E-state index in [-0.39, 0.29) is 24.5 Å². The van der Waals surface area contributed by atoms with Crippen molar-refractivity contribution in [2.45, 2.75) is 18.9 Å². The van der Waals surface area contributed by atoms with Gasteiger partial charge < -0.3 is 14.4 Å². The summed E-state index contributed by atoms with van der Waals surface area (Å²) in [4.78, 5) is 35.6. The Hall–Kier alpha value is -1.94. The molecule has 2 saturated heterocycles. The minimum Gasteiger partial charge on any atom is -0.477 e. The molecule has 1 aromatic rings. The van der Waals surface area contributed by atoms with Gasteiger partial charge in [-0.15, -0.1) is 0 Å². The molecule has 8 nitrogen and oxygen atoms in total. The molecule has 2 fully saturated rings. The Bertz CT molecular complexity index is 671. The highest BCUT2D eigenvalue weighted by molar-refractivity contribution is 8.23. The molecule has 1 atom stereocenters. The monoisotopic (exact) mass is 382 g/mol. The fourth-order valence-electron chi connectivity index (χ4n) is 2.72. The number of rotatable bonds is 5. The summed E-state index contributed by atoms with van der Waals surface area (Å²) in [6.45, 7) is 1.06. The van der Waals surface area contributed by atoms with Crippen LogP contribution in [0.4, 0.5) is 0 Å². The van der Waals surface area contributed by atoms with Crippen molar-refractivity contribution in [3.63, 3.8) is 0 Å². The molecule has 3 rings (SSSR count). The molecule has 10 heteroatoms. The second kappa shape index (κ2) is 7.96. The van der Waals surface area contributed by atoms with Crippen molar-refractivity contribution in [3.8, 4) is 11.8 Å². The summed E-state index contributed by atoms with van der Waals surface area (Å²) in [7, 11) is 1.50. The number of nitrogens with zero attached hydrogens (tertiary/aromatic N) is 4. The molecule has 3 heterocycles. The number of thiocarbonyl (C=S) groups is 1. The predicted molar refractivity (Wildman–Crippen MR) is 95.6 cm³/mol. The standard InChI is InChI=1S/C15H18N4O4S2/c1-22-13-14(17-5-4-16-13)23-10-3-2-6-18(7-10)11(20)8-19-12(21)9-25-15(19)24/h4-5,10H,2-3,6-9H2,1H3. The van der Waals surface area contributed by atoms with Gasteiger partial charge in [0.25, 0.3) is 11.8 Å². The van der Waals surface area contributed by atoms with E-state index in [0.717, 1.165) is 12.8 Å². The molecule has 2 aliphatic rings. The number of thioether (sulfide) groups is 1. The van der Waals surface area contributed by atoms with Crippen molar-refractivity contribution in [1.29, 1.82) is 0 Å². The van der Waals surface area contributed by atoms with Crippen LogP contribution in [0.2, 0.25) is 0 Å². The molecule has 2 aliphatic heterocycles. The summed E-state index contributed by atoms with van der Waals surface area (Å²) in [5.74, 6) is 0.701. The Morgan fingerprint density at radius 1 is 1.40 bits per heavy atom. The van der Waals surface area contributed by atoms with Gasteiger partial charge in [-0.05, 0) is 12.8 Å². The Morgan fingerprint density at radius 2 is 2.16 bits per heavy atom. The summed E-state index contributed by atoms with van der Waals surface area (Å²) in [6.07, 6.45) is 4.48. The van der Waals surface area contributed by atoms with Gasteiger partial charge in [-0.3, -0.25) is 14.5 Å². The molecule has 0 aliphatic carbocycles. The first kappa shape index (κ1) is 17.9. The van der Waals surface area contributed by atoms with E-state index >= 15 is 0 Å². The molecule has 25 heavy (non-hydrogen) atoms. The first-order valence-electron chi connectivity index (χ1n) is 7.85. The largest absolute Gasteiger partial charge is 0.477 e. The minimum absolute atomic E-state index is 0.00809. The van der Waals surface area contributed by atoms with Crippen LogP contribution < -0.4 is 9.47 Å². The molecule has 134 valence electrons. The SMILES string of the molecule is COc1nccnc1OC1CCCN(C(=O)CN2C(=O)CSC2=S)C1. The molecule has 1 unspecified atom stereocenters. The Balaban J connectivity index is 1.60. The molecule has 0 saturated carbocycles. The quantitative estimate of drug-likeness (QED) is 0.689. The number of likely N-dealkylation sites (tertiary alicyclic amines) is 1. The van der Waals surface area contributed by atoms with Crippen LogP contribution in [0.1, 0.15) is 12.8 Å². The molecule has 0 bridgehead atoms. The normalized spacial score (nSPS) is 20.8. The van der Waals surface area contributed by atoms with Crippen molar-refractivity contribution in [3.05, 3.63) is 12.4 Å². The van der Waals surface area contributed by atoms with E-state index < -0.39 is 0 Å². The number of carbonyl (C=O) groups is 2. The number of hydrogen-bond acceptors (Lipinski definition) is 8. The number of hydrogen-bond donors (Lipinski definition) is 0. The number of methoxy groups -OCH3 is 1. The minimum atomic E-state index is -0.195. The second-order valence-corrected chi connectivity index (χ2v) is 7.24. The highest BCUT2D eigenvalue weighted by Gasteiger charge is 2.32. The maximum absolute atomic E-state index is 12.5. The third-order valence-electron chi connectivity index (χ3n) is 3.97. The van der Waals surface area contributed by atoms with Crippen LogP contribution in [-0.4, -0.2) is 74.5 Å². The summed E-state index contributed by atoms with van der Waals surface area (Å²) >= 11 is 6.41. The maximum atomic E-state index is 12.5. The van der Waals surface area contributed by atoms with Gasteiger partial charge >= 0.3 is 0 Å². The van der Waals surface area contributed by atoms with Gasteiger partial charge in [-0.25, -0.2) is 9.97 Å². The van der Waals surface area contributed by atoms with Gasteiger partial charge in [0.15, 0.2) is 0 Å². The molecular weight excluding hydrogens is 364 g/mol. The zero-order valence-corrected chi connectivity index (χ0v) is 15.3. The zero-order valence-electron chi connectivity index (χ0n) is 13.7. The van der Waals surface area contributed by atoms with Crippen molar-refractivity contribution in [2.75, 3.05) is 32.5 Å². The fraction of sp³-hybridized carbons (Fsp3) is 0.533. The number of aromatic nitrogens is 2. The molecule has 2 amide bonds. The van der Waals surface area contributed by atoms with Gasteiger partial charge in [-0.1, -0.05) is 24.0 Å². The molecule has 0 aromatic carbocycles. The van der Waals surface area contributed by atoms with Crippen molar-refractivity contribution < 1.29 is 19.1 Å². The van der Waals surface area contributed by atoms with Crippen LogP contribution in [0.3, 0.4) is 0 Å². The smallest absolute Gasteiger partial charge is 0.278 e. The highest BCUT2D eigenvalue weighted by atomic mass is 32.2. The van der Waals surface area contributed by atoms with E-state index in [0.29, 0.717) is 34.9 Å². The fourth-order valence-corrected chi connectivity index (χ4v) is 3.79. The average molecular weight is 382 g/mol. The maximum Gasteiger partial charge on any atom is 0.278 e. The average Bonchev–Trinajstić information content (AvgIpc) is 2.94. The van der Waals surface area contributed by atoms with E-state index in [1.165, 1.54) is 36.2 Å². The van der Waals surface area contributed by atoms with Crippen LogP contribution in [0, 0.1) is 0 Å². The van der Waals surface area contributed by atoms with Crippen molar-refractivity contribution in [1.82, 2.24) is 19.8 Å². The Labute approximate surface area is 154 Å². The second-order valence-electron chi connectivity index (χ2n) is 5.63. The van der Waals surface area contributed by atoms with Crippen molar-refractivity contribution in [2.24, 2.45) is 0 Å². The van der Waals surface area contributed by atoms with E-state index in [2.05, 4.69) is 9.97 Å². The first-order chi connectivity index (χ1) is 12.1. The van der Waals surface area contributed by atoms with Crippen LogP contribution >= 0.6 is 24.0 Å². The van der Waals surface area contributed by atoms with Crippen LogP contribution in [-0.2, 0) is 9.59 Å². The summed E-state index contributed by atoms with van der Waals surface area (Å²) in [5.41, 5.74) is 0. The Morgan fingerprint density at radius 3 is 2.84 bits per heavy atom. The third kappa shape index (κ3) is 4.18. The lowest BCUT2D eigenvalue weighted by atomic mass is 10.1. The zero-order chi connectivity index (χ0) is 17.8. The third-order valence-corrected chi connectivity index (χ3v) is 5.40. The lowest BCUT2D eigenvalue weighted by Crippen LogP contribution is -2.48. The number of ether oxygens (including phenoxy) is 2. The van der Waals surface area contributed by atoms with E-state index in [9.17, 15) is 9.59 Å². The highest BCUT2D eigenvalue weighted by Crippen LogP contribution is 2.24. The lowest BCUT2D eigenvalue weighted by Gasteiger charge is -2.33. The van der Waals surface area contributed by atoms with Crippen LogP contribution in [0.5, 0.6) is 11.8 Å². The van der Waals surface area contributed by atoms with Gasteiger partial charge in [-0.2, -0.15) is 0 Å². The summed E-state index contributed by atoms with van der Waals surface area (Å²) in [6, 6.07) is 0. The Kier molecular flexibility index (Phi) is 5.69. The molecule has 0 radical (unpaired) electrons. The van der Waals surface area contributed by atoms with Crippen LogP contribution in [0.15, 0.2) is 12.4 Å². The predicted octanol–water partition coefficient (Wildman–Crippen LogP) is 0.715. The topological polar surface area (TPSA) is 84.9 Å². The molecule has 0 N–H and O–H groups in total. The van der Waals surface area contributed by atoms with E-state index in [1.54, 1.807) is 4.90 Å². The molecule has 0 spiro atoms. The summed E-state index contributed by atoms with van der Waals surface area (Å²) in [5, 5.41) is 0. The molecular formula is C15H18N4O4S2. The van der Waals surface area contributed by atoms with Gasteiger partial charge in [0.2, 0.25) is 11.8 Å². The van der Waals surface area contributed by atoms with E-state index in [4.69, 9.17) is 21.7 Å². The number of amides is 2. The van der Waals surface area contributed by atoms with E-state index in [1.807, 2.05) is 0 Å². The number of carbonyl (C=O) groups excluding carboxylic acids is 2.